The number of carbonyl (C=O) groups excluding carboxylic acids is 3. The Bertz CT molecular complexity index is 1230. The van der Waals surface area contributed by atoms with Gasteiger partial charge in [-0.05, 0) is 102 Å². The molecule has 4 heterocycles. The number of amides is 1. The van der Waals surface area contributed by atoms with E-state index < -0.39 is 6.10 Å². The van der Waals surface area contributed by atoms with Crippen LogP contribution in [0.2, 0.25) is 0 Å². The highest BCUT2D eigenvalue weighted by atomic mass is 16.5. The molecule has 0 aromatic heterocycles. The summed E-state index contributed by atoms with van der Waals surface area (Å²) in [5.41, 5.74) is 2.03. The van der Waals surface area contributed by atoms with E-state index in [1.165, 1.54) is 20.0 Å². The molecule has 8 nitrogen and oxygen atoms in total. The number of rotatable bonds is 7. The number of nitrogens with zero attached hydrogens (tertiary/aromatic N) is 1. The number of likely N-dealkylation sites (tertiary alicyclic amines) is 1. The molecule has 0 radical (unpaired) electrons. The monoisotopic (exact) mass is 679 g/mol. The van der Waals surface area contributed by atoms with Crippen LogP contribution in [0.25, 0.3) is 0 Å². The van der Waals surface area contributed by atoms with Crippen molar-refractivity contribution in [2.24, 2.45) is 11.8 Å². The maximum absolute atomic E-state index is 13.5. The fraction of sp³-hybridized carbons (Fsp3) is 0.683. The summed E-state index contributed by atoms with van der Waals surface area (Å²) in [6, 6.07) is 0. The Labute approximate surface area is 295 Å². The molecule has 1 amide bonds. The normalized spacial score (nSPS) is 32.8. The van der Waals surface area contributed by atoms with Crippen molar-refractivity contribution in [2.75, 3.05) is 20.2 Å². The van der Waals surface area contributed by atoms with Gasteiger partial charge in [-0.1, -0.05) is 61.4 Å². The van der Waals surface area contributed by atoms with Gasteiger partial charge in [0.05, 0.1) is 37.9 Å². The molecule has 8 heteroatoms. The summed E-state index contributed by atoms with van der Waals surface area (Å²) in [7, 11) is 1.38. The highest BCUT2D eigenvalue weighted by Gasteiger charge is 2.30. The van der Waals surface area contributed by atoms with Crippen molar-refractivity contribution >= 4 is 17.8 Å². The number of carbonyl (C=O) groups is 3. The average molecular weight is 680 g/mol. The first-order chi connectivity index (χ1) is 23.7. The standard InChI is InChI=1S/C41H61NO7/c1-30(26-39(43)42-23-10-7-11-24-42)13-8-5-6-9-16-38-32(3)18-17-31(2)25-36-15-12-14-34(47-36)21-22-35-20-19-33(28-40(44)46-4)27-37(48-35)29-41(45)49-38/h5-6,9,13,16-18,28,31-32,34-38H,7-8,10-12,14-15,19-27,29H2,1-4H3/b6-5-,16-9+,18-17+,30-13+,33-28-. The molecule has 0 spiro atoms. The van der Waals surface area contributed by atoms with E-state index in [4.69, 9.17) is 18.9 Å². The first-order valence-corrected chi connectivity index (χ1v) is 18.9. The van der Waals surface area contributed by atoms with Gasteiger partial charge in [-0.3, -0.25) is 9.59 Å². The van der Waals surface area contributed by atoms with Crippen molar-refractivity contribution in [2.45, 2.75) is 148 Å². The summed E-state index contributed by atoms with van der Waals surface area (Å²) in [5, 5.41) is 0. The van der Waals surface area contributed by atoms with E-state index in [2.05, 4.69) is 38.2 Å². The average Bonchev–Trinajstić information content (AvgIpc) is 3.28. The highest BCUT2D eigenvalue weighted by Crippen LogP contribution is 2.32. The summed E-state index contributed by atoms with van der Waals surface area (Å²) in [5.74, 6) is -0.148. The van der Waals surface area contributed by atoms with Crippen LogP contribution in [-0.4, -0.2) is 73.5 Å². The van der Waals surface area contributed by atoms with Gasteiger partial charge in [-0.25, -0.2) is 4.79 Å². The second-order valence-corrected chi connectivity index (χ2v) is 14.7. The Balaban J connectivity index is 1.44. The summed E-state index contributed by atoms with van der Waals surface area (Å²) in [6.45, 7) is 8.10. The van der Waals surface area contributed by atoms with Gasteiger partial charge in [0.25, 0.3) is 0 Å². The molecule has 7 unspecified atom stereocenters. The number of methoxy groups -OCH3 is 1. The van der Waals surface area contributed by atoms with Crippen molar-refractivity contribution in [3.63, 3.8) is 0 Å². The van der Waals surface area contributed by atoms with Crippen LogP contribution >= 0.6 is 0 Å². The molecule has 7 atom stereocenters. The van der Waals surface area contributed by atoms with Crippen LogP contribution in [0, 0.1) is 11.8 Å². The van der Waals surface area contributed by atoms with Crippen molar-refractivity contribution in [1.29, 1.82) is 0 Å². The second-order valence-electron chi connectivity index (χ2n) is 14.7. The van der Waals surface area contributed by atoms with E-state index in [1.807, 2.05) is 30.1 Å². The fourth-order valence-corrected chi connectivity index (χ4v) is 7.40. The molecule has 0 aliphatic carbocycles. The lowest BCUT2D eigenvalue weighted by atomic mass is 9.92. The first kappa shape index (κ1) is 38.8. The molecular weight excluding hydrogens is 618 g/mol. The van der Waals surface area contributed by atoms with Crippen molar-refractivity contribution in [3.8, 4) is 0 Å². The maximum atomic E-state index is 13.5. The number of cyclic esters (lactones) is 1. The fourth-order valence-electron chi connectivity index (χ4n) is 7.40. The molecular formula is C41H61NO7. The number of esters is 2. The zero-order chi connectivity index (χ0) is 35.0. The molecule has 49 heavy (non-hydrogen) atoms. The smallest absolute Gasteiger partial charge is 0.330 e. The number of hydrogen-bond donors (Lipinski definition) is 0. The Morgan fingerprint density at radius 2 is 1.63 bits per heavy atom. The molecule has 272 valence electrons. The largest absolute Gasteiger partial charge is 0.466 e. The quantitative estimate of drug-likeness (QED) is 0.116. The lowest BCUT2D eigenvalue weighted by molar-refractivity contribution is -0.152. The molecule has 4 bridgehead atoms. The molecule has 0 aromatic carbocycles. The minimum atomic E-state index is -0.447. The molecule has 0 saturated carbocycles. The van der Waals surface area contributed by atoms with Crippen LogP contribution in [0.15, 0.2) is 59.8 Å². The lowest BCUT2D eigenvalue weighted by Gasteiger charge is -2.32. The van der Waals surface area contributed by atoms with Crippen LogP contribution in [0.1, 0.15) is 117 Å². The lowest BCUT2D eigenvalue weighted by Crippen LogP contribution is -2.35. The summed E-state index contributed by atoms with van der Waals surface area (Å²) >= 11 is 0. The Morgan fingerprint density at radius 3 is 2.41 bits per heavy atom. The topological polar surface area (TPSA) is 91.4 Å². The molecule has 3 saturated heterocycles. The van der Waals surface area contributed by atoms with Gasteiger partial charge in [0.2, 0.25) is 5.91 Å². The van der Waals surface area contributed by atoms with Gasteiger partial charge in [0.1, 0.15) is 6.10 Å². The summed E-state index contributed by atoms with van der Waals surface area (Å²) in [6.07, 6.45) is 28.5. The highest BCUT2D eigenvalue weighted by molar-refractivity contribution is 5.82. The molecule has 3 fully saturated rings. The van der Waals surface area contributed by atoms with E-state index in [0.29, 0.717) is 18.8 Å². The zero-order valence-electron chi connectivity index (χ0n) is 30.5. The molecule has 4 aliphatic rings. The maximum Gasteiger partial charge on any atom is 0.330 e. The van der Waals surface area contributed by atoms with Crippen molar-refractivity contribution in [3.05, 3.63) is 59.8 Å². The molecule has 0 N–H and O–H groups in total. The zero-order valence-corrected chi connectivity index (χ0v) is 30.5. The van der Waals surface area contributed by atoms with Crippen LogP contribution < -0.4 is 0 Å². The van der Waals surface area contributed by atoms with Crippen molar-refractivity contribution in [1.82, 2.24) is 4.90 Å². The van der Waals surface area contributed by atoms with Gasteiger partial charge in [-0.2, -0.15) is 0 Å². The van der Waals surface area contributed by atoms with E-state index >= 15 is 0 Å². The van der Waals surface area contributed by atoms with Gasteiger partial charge in [0.15, 0.2) is 0 Å². The van der Waals surface area contributed by atoms with Crippen molar-refractivity contribution < 1.29 is 33.3 Å². The minimum Gasteiger partial charge on any atom is -0.466 e. The third-order valence-electron chi connectivity index (χ3n) is 10.3. The van der Waals surface area contributed by atoms with Gasteiger partial charge in [-0.15, -0.1) is 0 Å². The van der Waals surface area contributed by atoms with Crippen LogP contribution in [0.4, 0.5) is 0 Å². The van der Waals surface area contributed by atoms with Gasteiger partial charge in [0, 0.05) is 31.5 Å². The number of fused-ring (bicyclic) bond motifs is 4. The van der Waals surface area contributed by atoms with Gasteiger partial charge >= 0.3 is 11.9 Å². The molecule has 4 aliphatic heterocycles. The predicted molar refractivity (Wildman–Crippen MR) is 193 cm³/mol. The Morgan fingerprint density at radius 1 is 0.898 bits per heavy atom. The SMILES string of the molecule is COC(=O)/C=C1/CCC2CCC3CCCC(CC(C)/C=C/C(C)C(/C=C/C=C\C/C=C(\C)CC(=O)N4CCCCC4)OC(=O)CC(C1)O2)O3. The van der Waals surface area contributed by atoms with E-state index in [9.17, 15) is 14.4 Å². The van der Waals surface area contributed by atoms with E-state index in [0.717, 1.165) is 88.4 Å². The third kappa shape index (κ3) is 14.1. The van der Waals surface area contributed by atoms with Crippen LogP contribution in [-0.2, 0) is 33.3 Å². The molecule has 0 aromatic rings. The number of ether oxygens (including phenoxy) is 4. The second kappa shape index (κ2) is 20.6. The third-order valence-corrected chi connectivity index (χ3v) is 10.3. The first-order valence-electron chi connectivity index (χ1n) is 18.9. The van der Waals surface area contributed by atoms with Crippen LogP contribution in [0.5, 0.6) is 0 Å². The summed E-state index contributed by atoms with van der Waals surface area (Å²) in [4.78, 5) is 40.1. The van der Waals surface area contributed by atoms with Gasteiger partial charge < -0.3 is 23.8 Å². The number of hydrogen-bond acceptors (Lipinski definition) is 7. The van der Waals surface area contributed by atoms with Crippen LogP contribution in [0.3, 0.4) is 0 Å². The van der Waals surface area contributed by atoms with E-state index in [-0.39, 0.29) is 54.6 Å². The minimum absolute atomic E-state index is 0.0121. The summed E-state index contributed by atoms with van der Waals surface area (Å²) < 4.78 is 24.1. The van der Waals surface area contributed by atoms with E-state index in [1.54, 1.807) is 6.08 Å². The predicted octanol–water partition coefficient (Wildman–Crippen LogP) is 8.13. The Kier molecular flexibility index (Phi) is 16.4. The molecule has 4 rings (SSSR count). The number of piperidine rings is 1. The Hall–Kier alpha value is -2.97. The number of allylic oxidation sites excluding steroid dienone is 5.